The van der Waals surface area contributed by atoms with E-state index in [2.05, 4.69) is 9.98 Å². The maximum Gasteiger partial charge on any atom is 0.367 e. The van der Waals surface area contributed by atoms with Crippen molar-refractivity contribution < 1.29 is 18.3 Å². The topological polar surface area (TPSA) is 69.5 Å². The third-order valence-electron chi connectivity index (χ3n) is 2.32. The Bertz CT molecular complexity index is 392. The van der Waals surface area contributed by atoms with Crippen LogP contribution in [0, 0.1) is 0 Å². The molecule has 1 aliphatic heterocycles. The van der Waals surface area contributed by atoms with Crippen LogP contribution < -0.4 is 0 Å². The fourth-order valence-corrected chi connectivity index (χ4v) is 3.74. The summed E-state index contributed by atoms with van der Waals surface area (Å²) < 4.78 is 29.2. The van der Waals surface area contributed by atoms with Crippen LogP contribution in [0.5, 0.6) is 0 Å². The maximum atomic E-state index is 13.0. The number of hydrogen-bond donors (Lipinski definition) is 0. The Balaban J connectivity index is 3.14. The molecule has 0 N–H and O–H groups in total. The Hall–Kier alpha value is -0.710. The molecule has 7 heteroatoms. The molecule has 1 aliphatic rings. The van der Waals surface area contributed by atoms with E-state index in [9.17, 15) is 4.57 Å². The van der Waals surface area contributed by atoms with Gasteiger partial charge in [0.25, 0.3) is 0 Å². The van der Waals surface area contributed by atoms with Crippen molar-refractivity contribution in [1.29, 1.82) is 0 Å². The highest BCUT2D eigenvalue weighted by molar-refractivity contribution is 7.56. The summed E-state index contributed by atoms with van der Waals surface area (Å²) in [4.78, 5) is 8.09. The minimum atomic E-state index is -3.52. The van der Waals surface area contributed by atoms with Crippen LogP contribution in [-0.2, 0) is 18.3 Å². The molecule has 0 aromatic rings. The summed E-state index contributed by atoms with van der Waals surface area (Å²) in [7, 11) is -2.06. The van der Waals surface area contributed by atoms with E-state index in [0.717, 1.165) is 0 Å². The van der Waals surface area contributed by atoms with E-state index in [1.54, 1.807) is 34.6 Å². The number of aliphatic imine (C=N–C) groups is 2. The molecule has 0 saturated carbocycles. The van der Waals surface area contributed by atoms with Crippen molar-refractivity contribution in [2.45, 2.75) is 52.1 Å². The van der Waals surface area contributed by atoms with Gasteiger partial charge in [0.05, 0.1) is 19.3 Å². The van der Waals surface area contributed by atoms with Gasteiger partial charge in [-0.05, 0) is 34.6 Å². The van der Waals surface area contributed by atoms with E-state index < -0.39 is 12.9 Å². The number of ether oxygens (including phenoxy) is 1. The fraction of sp³-hybridized carbons (Fsp3) is 0.818. The maximum absolute atomic E-state index is 13.0. The highest BCUT2D eigenvalue weighted by atomic mass is 31.2. The van der Waals surface area contributed by atoms with Crippen LogP contribution >= 0.6 is 7.60 Å². The van der Waals surface area contributed by atoms with Gasteiger partial charge in [-0.1, -0.05) is 0 Å². The molecule has 0 saturated heterocycles. The summed E-state index contributed by atoms with van der Waals surface area (Å²) in [6.07, 6.45) is 0.819. The van der Waals surface area contributed by atoms with Crippen molar-refractivity contribution >= 4 is 19.8 Å². The first-order chi connectivity index (χ1) is 8.25. The van der Waals surface area contributed by atoms with Gasteiger partial charge in [0.15, 0.2) is 0 Å². The van der Waals surface area contributed by atoms with Crippen molar-refractivity contribution in [3.63, 3.8) is 0 Å². The summed E-state index contributed by atoms with van der Waals surface area (Å²) in [5.41, 5.74) is 0. The number of rotatable bonds is 5. The van der Waals surface area contributed by atoms with Gasteiger partial charge in [0.1, 0.15) is 6.34 Å². The Morgan fingerprint density at radius 2 is 1.72 bits per heavy atom. The quantitative estimate of drug-likeness (QED) is 0.724. The van der Waals surface area contributed by atoms with Crippen LogP contribution in [0.15, 0.2) is 9.98 Å². The van der Waals surface area contributed by atoms with Crippen molar-refractivity contribution in [2.24, 2.45) is 9.98 Å². The minimum Gasteiger partial charge on any atom is -0.482 e. The predicted molar refractivity (Wildman–Crippen MR) is 71.4 cm³/mol. The monoisotopic (exact) mass is 276 g/mol. The molecule has 104 valence electrons. The van der Waals surface area contributed by atoms with Crippen LogP contribution in [0.4, 0.5) is 0 Å². The van der Waals surface area contributed by atoms with E-state index in [1.807, 2.05) is 0 Å². The van der Waals surface area contributed by atoms with Gasteiger partial charge in [-0.2, -0.15) is 0 Å². The lowest BCUT2D eigenvalue weighted by Gasteiger charge is -2.32. The molecular formula is C11H21N2O4P. The molecule has 1 atom stereocenters. The lowest BCUT2D eigenvalue weighted by atomic mass is 10.3. The zero-order chi connectivity index (χ0) is 14.0. The molecule has 18 heavy (non-hydrogen) atoms. The van der Waals surface area contributed by atoms with Crippen LogP contribution in [0.2, 0.25) is 0 Å². The number of methoxy groups -OCH3 is 1. The van der Waals surface area contributed by atoms with Crippen molar-refractivity contribution in [3.05, 3.63) is 0 Å². The van der Waals surface area contributed by atoms with Crippen LogP contribution in [0.25, 0.3) is 0 Å². The van der Waals surface area contributed by atoms with Crippen LogP contribution in [0.3, 0.4) is 0 Å². The van der Waals surface area contributed by atoms with Gasteiger partial charge in [0.2, 0.25) is 11.2 Å². The van der Waals surface area contributed by atoms with Gasteiger partial charge in [0, 0.05) is 0 Å². The molecule has 1 unspecified atom stereocenters. The first kappa shape index (κ1) is 15.3. The van der Waals surface area contributed by atoms with Crippen LogP contribution in [-0.4, -0.2) is 36.8 Å². The molecule has 0 amide bonds. The van der Waals surface area contributed by atoms with Gasteiger partial charge < -0.3 is 13.8 Å². The second-order valence-corrected chi connectivity index (χ2v) is 7.00. The summed E-state index contributed by atoms with van der Waals surface area (Å²) in [5.74, 6) is 0.243. The van der Waals surface area contributed by atoms with Gasteiger partial charge in [-0.3, -0.25) is 4.57 Å². The van der Waals surface area contributed by atoms with Crippen molar-refractivity contribution in [2.75, 3.05) is 7.11 Å². The molecule has 1 rings (SSSR count). The summed E-state index contributed by atoms with van der Waals surface area (Å²) in [5, 5.41) is -1.21. The average molecular weight is 276 g/mol. The smallest absolute Gasteiger partial charge is 0.367 e. The average Bonchev–Trinajstić information content (AvgIpc) is 2.58. The van der Waals surface area contributed by atoms with Crippen LogP contribution in [0.1, 0.15) is 34.6 Å². The SMILES string of the molecule is COC1=NC=NC1(C)P(=O)(OC(C)C)OC(C)C. The molecule has 6 nitrogen and oxygen atoms in total. The molecule has 0 spiro atoms. The summed E-state index contributed by atoms with van der Waals surface area (Å²) in [6, 6.07) is 0. The number of hydrogen-bond acceptors (Lipinski definition) is 6. The molecule has 1 heterocycles. The van der Waals surface area contributed by atoms with E-state index in [4.69, 9.17) is 13.8 Å². The largest absolute Gasteiger partial charge is 0.482 e. The molecule has 0 aromatic heterocycles. The summed E-state index contributed by atoms with van der Waals surface area (Å²) >= 11 is 0. The number of nitrogens with zero attached hydrogens (tertiary/aromatic N) is 2. The highest BCUT2D eigenvalue weighted by Crippen LogP contribution is 2.63. The van der Waals surface area contributed by atoms with E-state index >= 15 is 0 Å². The molecule has 0 radical (unpaired) electrons. The zero-order valence-electron chi connectivity index (χ0n) is 11.7. The van der Waals surface area contributed by atoms with Crippen molar-refractivity contribution in [3.8, 4) is 0 Å². The van der Waals surface area contributed by atoms with Crippen molar-refractivity contribution in [1.82, 2.24) is 0 Å². The second-order valence-electron chi connectivity index (χ2n) is 4.71. The predicted octanol–water partition coefficient (Wildman–Crippen LogP) is 2.83. The molecule has 0 aliphatic carbocycles. The summed E-state index contributed by atoms with van der Waals surface area (Å²) in [6.45, 7) is 8.82. The Labute approximate surface area is 108 Å². The third-order valence-corrected chi connectivity index (χ3v) is 5.09. The lowest BCUT2D eigenvalue weighted by molar-refractivity contribution is 0.132. The first-order valence-corrected chi connectivity index (χ1v) is 7.42. The molecular weight excluding hydrogens is 255 g/mol. The third kappa shape index (κ3) is 2.82. The Morgan fingerprint density at radius 1 is 1.22 bits per heavy atom. The van der Waals surface area contributed by atoms with E-state index in [1.165, 1.54) is 13.4 Å². The zero-order valence-corrected chi connectivity index (χ0v) is 12.6. The Kier molecular flexibility index (Phi) is 4.70. The van der Waals surface area contributed by atoms with Gasteiger partial charge in [-0.25, -0.2) is 9.98 Å². The molecule has 0 bridgehead atoms. The lowest BCUT2D eigenvalue weighted by Crippen LogP contribution is -2.35. The fourth-order valence-electron chi connectivity index (χ4n) is 1.59. The Morgan fingerprint density at radius 3 is 2.11 bits per heavy atom. The normalized spacial score (nSPS) is 23.9. The second kappa shape index (κ2) is 5.51. The minimum absolute atomic E-state index is 0.243. The molecule has 0 fully saturated rings. The van der Waals surface area contributed by atoms with E-state index in [-0.39, 0.29) is 18.1 Å². The first-order valence-electron chi connectivity index (χ1n) is 5.88. The highest BCUT2D eigenvalue weighted by Gasteiger charge is 2.55. The van der Waals surface area contributed by atoms with Gasteiger partial charge >= 0.3 is 7.60 Å². The molecule has 0 aromatic carbocycles. The standard InChI is InChI=1S/C11H21N2O4P/c1-8(2)16-18(14,17-9(3)4)11(5)10(15-6)12-7-13-11/h7-9H,1-6H3. The van der Waals surface area contributed by atoms with E-state index in [0.29, 0.717) is 0 Å². The van der Waals surface area contributed by atoms with Gasteiger partial charge in [-0.15, -0.1) is 0 Å².